The molecule has 2 rings (SSSR count). The molecule has 2 N–H and O–H groups in total. The number of carbonyl (C=O) groups is 1. The topological polar surface area (TPSA) is 49.3 Å². The third-order valence-electron chi connectivity index (χ3n) is 2.84. The van der Waals surface area contributed by atoms with Crippen LogP contribution in [0.25, 0.3) is 0 Å². The van der Waals surface area contributed by atoms with E-state index < -0.39 is 0 Å². The number of hydrogen-bond donors (Lipinski definition) is 3. The van der Waals surface area contributed by atoms with Gasteiger partial charge in [0.05, 0.1) is 5.56 Å². The number of amides is 1. The molecule has 0 aliphatic heterocycles. The highest BCUT2D eigenvalue weighted by Gasteiger charge is 2.09. The fourth-order valence-corrected chi connectivity index (χ4v) is 2.63. The van der Waals surface area contributed by atoms with Crippen molar-refractivity contribution in [1.82, 2.24) is 5.32 Å². The summed E-state index contributed by atoms with van der Waals surface area (Å²) in [7, 11) is 0. The fraction of sp³-hybridized carbons (Fsp3) is 0.133. The van der Waals surface area contributed by atoms with Gasteiger partial charge in [-0.1, -0.05) is 28.1 Å². The SMILES string of the molecule is O=C(NCCc1ccc(O)cc1)c1ccc(Br)cc1S. The van der Waals surface area contributed by atoms with Gasteiger partial charge in [0, 0.05) is 15.9 Å². The van der Waals surface area contributed by atoms with Crippen molar-refractivity contribution < 1.29 is 9.90 Å². The first-order valence-electron chi connectivity index (χ1n) is 6.11. The first-order chi connectivity index (χ1) is 9.56. The molecule has 2 aromatic rings. The molecule has 0 spiro atoms. The van der Waals surface area contributed by atoms with Crippen molar-refractivity contribution in [2.45, 2.75) is 11.3 Å². The molecule has 0 atom stereocenters. The zero-order valence-corrected chi connectivity index (χ0v) is 13.1. The Hall–Kier alpha value is -1.46. The third-order valence-corrected chi connectivity index (χ3v) is 3.70. The van der Waals surface area contributed by atoms with Crippen LogP contribution in [0.1, 0.15) is 15.9 Å². The zero-order chi connectivity index (χ0) is 14.5. The summed E-state index contributed by atoms with van der Waals surface area (Å²) in [5, 5.41) is 12.0. The van der Waals surface area contributed by atoms with Crippen LogP contribution in [-0.2, 0) is 6.42 Å². The van der Waals surface area contributed by atoms with Crippen LogP contribution in [0.15, 0.2) is 51.8 Å². The Kier molecular flexibility index (Phi) is 5.09. The van der Waals surface area contributed by atoms with Gasteiger partial charge in [-0.15, -0.1) is 12.6 Å². The summed E-state index contributed by atoms with van der Waals surface area (Å²) in [4.78, 5) is 12.6. The van der Waals surface area contributed by atoms with Crippen molar-refractivity contribution in [2.75, 3.05) is 6.54 Å². The normalized spacial score (nSPS) is 10.3. The average Bonchev–Trinajstić information content (AvgIpc) is 2.41. The number of rotatable bonds is 4. The molecule has 0 unspecified atom stereocenters. The number of benzene rings is 2. The average molecular weight is 352 g/mol. The fourth-order valence-electron chi connectivity index (χ4n) is 1.78. The first-order valence-corrected chi connectivity index (χ1v) is 7.35. The standard InChI is InChI=1S/C15H14BrNO2S/c16-11-3-6-13(14(20)9-11)15(19)17-8-7-10-1-4-12(18)5-2-10/h1-6,9,18,20H,7-8H2,(H,17,19). The summed E-state index contributed by atoms with van der Waals surface area (Å²) in [5.41, 5.74) is 1.62. The highest BCUT2D eigenvalue weighted by Crippen LogP contribution is 2.19. The molecular weight excluding hydrogens is 338 g/mol. The quantitative estimate of drug-likeness (QED) is 0.739. The first kappa shape index (κ1) is 14.9. The maximum atomic E-state index is 12.0. The van der Waals surface area contributed by atoms with E-state index in [-0.39, 0.29) is 11.7 Å². The van der Waals surface area contributed by atoms with Crippen molar-refractivity contribution in [3.05, 3.63) is 58.1 Å². The third kappa shape index (κ3) is 4.02. The molecule has 20 heavy (non-hydrogen) atoms. The molecule has 104 valence electrons. The van der Waals surface area contributed by atoms with Gasteiger partial charge in [-0.3, -0.25) is 4.79 Å². The molecule has 0 aliphatic rings. The largest absolute Gasteiger partial charge is 0.508 e. The number of thiol groups is 1. The summed E-state index contributed by atoms with van der Waals surface area (Å²) >= 11 is 7.63. The summed E-state index contributed by atoms with van der Waals surface area (Å²) in [6.45, 7) is 0.535. The van der Waals surface area contributed by atoms with E-state index in [1.54, 1.807) is 24.3 Å². The molecule has 5 heteroatoms. The van der Waals surface area contributed by atoms with E-state index in [0.29, 0.717) is 23.4 Å². The van der Waals surface area contributed by atoms with Gasteiger partial charge >= 0.3 is 0 Å². The van der Waals surface area contributed by atoms with Crippen molar-refractivity contribution in [3.8, 4) is 5.75 Å². The minimum Gasteiger partial charge on any atom is -0.508 e. The lowest BCUT2D eigenvalue weighted by Gasteiger charge is -2.08. The van der Waals surface area contributed by atoms with Crippen LogP contribution in [0.3, 0.4) is 0 Å². The van der Waals surface area contributed by atoms with Gasteiger partial charge in [0.25, 0.3) is 5.91 Å². The van der Waals surface area contributed by atoms with Gasteiger partial charge in [-0.25, -0.2) is 0 Å². The highest BCUT2D eigenvalue weighted by molar-refractivity contribution is 9.10. The maximum Gasteiger partial charge on any atom is 0.252 e. The Morgan fingerprint density at radius 1 is 1.20 bits per heavy atom. The van der Waals surface area contributed by atoms with Crippen LogP contribution >= 0.6 is 28.6 Å². The van der Waals surface area contributed by atoms with Gasteiger partial charge in [0.15, 0.2) is 0 Å². The second kappa shape index (κ2) is 6.81. The number of halogens is 1. The summed E-state index contributed by atoms with van der Waals surface area (Å²) in [5.74, 6) is 0.105. The lowest BCUT2D eigenvalue weighted by Crippen LogP contribution is -2.26. The molecule has 0 radical (unpaired) electrons. The smallest absolute Gasteiger partial charge is 0.252 e. The van der Waals surface area contributed by atoms with E-state index in [2.05, 4.69) is 33.9 Å². The number of hydrogen-bond acceptors (Lipinski definition) is 3. The van der Waals surface area contributed by atoms with Crippen LogP contribution in [-0.4, -0.2) is 17.6 Å². The van der Waals surface area contributed by atoms with Crippen LogP contribution in [0.4, 0.5) is 0 Å². The molecule has 0 aliphatic carbocycles. The number of aromatic hydroxyl groups is 1. The molecule has 2 aromatic carbocycles. The van der Waals surface area contributed by atoms with Gasteiger partial charge in [-0.05, 0) is 42.3 Å². The second-order valence-electron chi connectivity index (χ2n) is 4.33. The Labute approximate surface area is 131 Å². The molecule has 0 heterocycles. The zero-order valence-electron chi connectivity index (χ0n) is 10.6. The second-order valence-corrected chi connectivity index (χ2v) is 5.73. The van der Waals surface area contributed by atoms with Gasteiger partial charge in [0.1, 0.15) is 5.75 Å². The number of carbonyl (C=O) groups excluding carboxylic acids is 1. The van der Waals surface area contributed by atoms with E-state index in [0.717, 1.165) is 10.0 Å². The van der Waals surface area contributed by atoms with E-state index in [4.69, 9.17) is 0 Å². The van der Waals surface area contributed by atoms with E-state index in [9.17, 15) is 9.90 Å². The molecule has 0 bridgehead atoms. The predicted molar refractivity (Wildman–Crippen MR) is 85.5 cm³/mol. The lowest BCUT2D eigenvalue weighted by atomic mass is 10.1. The Morgan fingerprint density at radius 2 is 1.90 bits per heavy atom. The van der Waals surface area contributed by atoms with Crippen LogP contribution < -0.4 is 5.32 Å². The molecule has 0 aromatic heterocycles. The van der Waals surface area contributed by atoms with E-state index >= 15 is 0 Å². The summed E-state index contributed by atoms with van der Waals surface area (Å²) in [6.07, 6.45) is 0.713. The van der Waals surface area contributed by atoms with Crippen molar-refractivity contribution in [2.24, 2.45) is 0 Å². The highest BCUT2D eigenvalue weighted by atomic mass is 79.9. The monoisotopic (exact) mass is 351 g/mol. The molecule has 3 nitrogen and oxygen atoms in total. The van der Waals surface area contributed by atoms with Crippen LogP contribution in [0.5, 0.6) is 5.75 Å². The summed E-state index contributed by atoms with van der Waals surface area (Å²) < 4.78 is 0.892. The maximum absolute atomic E-state index is 12.0. The number of phenolic OH excluding ortho intramolecular Hbond substituents is 1. The van der Waals surface area contributed by atoms with Crippen molar-refractivity contribution >= 4 is 34.5 Å². The minimum absolute atomic E-state index is 0.138. The Balaban J connectivity index is 1.90. The van der Waals surface area contributed by atoms with Gasteiger partial charge in [0.2, 0.25) is 0 Å². The molecular formula is C15H14BrNO2S. The van der Waals surface area contributed by atoms with Crippen molar-refractivity contribution in [1.29, 1.82) is 0 Å². The Bertz CT molecular complexity index is 614. The molecule has 0 saturated carbocycles. The number of phenols is 1. The van der Waals surface area contributed by atoms with Crippen LogP contribution in [0, 0.1) is 0 Å². The van der Waals surface area contributed by atoms with Crippen molar-refractivity contribution in [3.63, 3.8) is 0 Å². The minimum atomic E-state index is -0.138. The Morgan fingerprint density at radius 3 is 2.55 bits per heavy atom. The van der Waals surface area contributed by atoms with Crippen LogP contribution in [0.2, 0.25) is 0 Å². The predicted octanol–water partition coefficient (Wildman–Crippen LogP) is 3.42. The van der Waals surface area contributed by atoms with Gasteiger partial charge in [-0.2, -0.15) is 0 Å². The lowest BCUT2D eigenvalue weighted by molar-refractivity contribution is 0.0951. The summed E-state index contributed by atoms with van der Waals surface area (Å²) in [6, 6.07) is 12.3. The molecule has 0 saturated heterocycles. The van der Waals surface area contributed by atoms with E-state index in [1.807, 2.05) is 18.2 Å². The van der Waals surface area contributed by atoms with E-state index in [1.165, 1.54) is 0 Å². The number of nitrogens with one attached hydrogen (secondary N) is 1. The molecule has 1 amide bonds. The molecule has 0 fully saturated rings. The van der Waals surface area contributed by atoms with Gasteiger partial charge < -0.3 is 10.4 Å².